The second kappa shape index (κ2) is 4.85. The maximum Gasteiger partial charge on any atom is 0.412 e. The van der Waals surface area contributed by atoms with Crippen LogP contribution in [-0.2, 0) is 4.74 Å². The molecule has 1 heterocycles. The molecule has 16 heavy (non-hydrogen) atoms. The van der Waals surface area contributed by atoms with E-state index in [1.807, 2.05) is 19.1 Å². The van der Waals surface area contributed by atoms with Gasteiger partial charge in [0.1, 0.15) is 12.1 Å². The third-order valence-electron chi connectivity index (χ3n) is 2.74. The lowest BCUT2D eigenvalue weighted by molar-refractivity contribution is 0.131. The summed E-state index contributed by atoms with van der Waals surface area (Å²) in [5.74, 6) is 0. The number of amides is 1. The van der Waals surface area contributed by atoms with Crippen LogP contribution < -0.4 is 0 Å². The van der Waals surface area contributed by atoms with Crippen molar-refractivity contribution in [1.29, 1.82) is 10.5 Å². The summed E-state index contributed by atoms with van der Waals surface area (Å²) < 4.78 is 4.82. The Balaban J connectivity index is 2.73. The van der Waals surface area contributed by atoms with Crippen LogP contribution in [0.4, 0.5) is 4.79 Å². The van der Waals surface area contributed by atoms with E-state index in [9.17, 15) is 4.79 Å². The molecule has 0 spiro atoms. The van der Waals surface area contributed by atoms with Gasteiger partial charge in [-0.15, -0.1) is 0 Å². The molecule has 0 saturated carbocycles. The standard InChI is InChI=1S/C11H15N3O2/c1-3-5-6-9-11(7-12,8-13)14(9)10(15)16-4-2/h9H,3-6H2,1-2H3. The first-order valence-electron chi connectivity index (χ1n) is 5.46. The maximum atomic E-state index is 11.5. The molecule has 1 aliphatic heterocycles. The summed E-state index contributed by atoms with van der Waals surface area (Å²) in [5, 5.41) is 18.0. The largest absolute Gasteiger partial charge is 0.450 e. The first-order valence-corrected chi connectivity index (χ1v) is 5.46. The average Bonchev–Trinajstić information content (AvgIpc) is 2.95. The molecule has 5 nitrogen and oxygen atoms in total. The van der Waals surface area contributed by atoms with Crippen LogP contribution in [0.25, 0.3) is 0 Å². The van der Waals surface area contributed by atoms with Crippen LogP contribution in [0.1, 0.15) is 33.1 Å². The number of hydrogen-bond acceptors (Lipinski definition) is 4. The van der Waals surface area contributed by atoms with Crippen molar-refractivity contribution in [3.05, 3.63) is 0 Å². The Hall–Kier alpha value is -1.75. The first kappa shape index (κ1) is 12.3. The number of unbranched alkanes of at least 4 members (excludes halogenated alkanes) is 1. The molecule has 1 saturated heterocycles. The van der Waals surface area contributed by atoms with Crippen molar-refractivity contribution in [1.82, 2.24) is 4.90 Å². The smallest absolute Gasteiger partial charge is 0.412 e. The third-order valence-corrected chi connectivity index (χ3v) is 2.74. The molecular formula is C11H15N3O2. The molecule has 1 rings (SSSR count). The summed E-state index contributed by atoms with van der Waals surface area (Å²) in [5.41, 5.74) is -1.29. The molecule has 0 aromatic rings. The van der Waals surface area contributed by atoms with Crippen LogP contribution in [-0.4, -0.2) is 29.2 Å². The minimum absolute atomic E-state index is 0.253. The van der Waals surface area contributed by atoms with Gasteiger partial charge >= 0.3 is 6.09 Å². The zero-order chi connectivity index (χ0) is 12.2. The maximum absolute atomic E-state index is 11.5. The minimum atomic E-state index is -1.29. The van der Waals surface area contributed by atoms with Gasteiger partial charge in [0.05, 0.1) is 12.6 Å². The summed E-state index contributed by atoms with van der Waals surface area (Å²) in [7, 11) is 0. The molecule has 1 aliphatic rings. The van der Waals surface area contributed by atoms with Crippen LogP contribution in [0.15, 0.2) is 0 Å². The molecule has 0 aromatic carbocycles. The quantitative estimate of drug-likeness (QED) is 0.678. The van der Waals surface area contributed by atoms with E-state index in [2.05, 4.69) is 0 Å². The number of rotatable bonds is 4. The molecule has 0 radical (unpaired) electrons. The summed E-state index contributed by atoms with van der Waals surface area (Å²) in [6.07, 6.45) is 1.98. The number of nitriles is 2. The third kappa shape index (κ3) is 1.81. The monoisotopic (exact) mass is 221 g/mol. The zero-order valence-corrected chi connectivity index (χ0v) is 9.56. The van der Waals surface area contributed by atoms with E-state index in [4.69, 9.17) is 15.3 Å². The van der Waals surface area contributed by atoms with Gasteiger partial charge in [0.25, 0.3) is 0 Å². The molecule has 0 aliphatic carbocycles. The molecule has 1 unspecified atom stereocenters. The highest BCUT2D eigenvalue weighted by molar-refractivity contribution is 5.77. The second-order valence-corrected chi connectivity index (χ2v) is 3.72. The predicted molar refractivity (Wildman–Crippen MR) is 56.1 cm³/mol. The van der Waals surface area contributed by atoms with Crippen molar-refractivity contribution in [2.24, 2.45) is 0 Å². The van der Waals surface area contributed by atoms with Gasteiger partial charge in [-0.1, -0.05) is 19.8 Å². The lowest BCUT2D eigenvalue weighted by atomic mass is 10.0. The van der Waals surface area contributed by atoms with Crippen molar-refractivity contribution in [2.45, 2.75) is 44.7 Å². The summed E-state index contributed by atoms with van der Waals surface area (Å²) in [6.45, 7) is 3.98. The average molecular weight is 221 g/mol. The summed E-state index contributed by atoms with van der Waals surface area (Å²) in [6, 6.07) is 3.52. The van der Waals surface area contributed by atoms with E-state index in [0.717, 1.165) is 12.8 Å². The highest BCUT2D eigenvalue weighted by atomic mass is 16.6. The molecule has 1 atom stereocenters. The Labute approximate surface area is 95.2 Å². The van der Waals surface area contributed by atoms with Crippen molar-refractivity contribution >= 4 is 6.09 Å². The van der Waals surface area contributed by atoms with Crippen LogP contribution in [0, 0.1) is 22.7 Å². The normalized spacial score (nSPS) is 20.8. The van der Waals surface area contributed by atoms with Crippen LogP contribution in [0.2, 0.25) is 0 Å². The van der Waals surface area contributed by atoms with E-state index < -0.39 is 11.6 Å². The van der Waals surface area contributed by atoms with Gasteiger partial charge < -0.3 is 4.74 Å². The molecule has 1 fully saturated rings. The van der Waals surface area contributed by atoms with Crippen LogP contribution in [0.5, 0.6) is 0 Å². The van der Waals surface area contributed by atoms with Gasteiger partial charge in [-0.05, 0) is 13.3 Å². The fourth-order valence-electron chi connectivity index (χ4n) is 1.83. The van der Waals surface area contributed by atoms with Gasteiger partial charge in [0.2, 0.25) is 5.54 Å². The highest BCUT2D eigenvalue weighted by Crippen LogP contribution is 2.43. The Morgan fingerprint density at radius 1 is 1.44 bits per heavy atom. The van der Waals surface area contributed by atoms with Crippen molar-refractivity contribution in [3.8, 4) is 12.1 Å². The topological polar surface area (TPSA) is 76.9 Å². The SMILES string of the molecule is CCCCC1N(C(=O)OCC)C1(C#N)C#N. The summed E-state index contributed by atoms with van der Waals surface area (Å²) in [4.78, 5) is 12.8. The summed E-state index contributed by atoms with van der Waals surface area (Å²) >= 11 is 0. The minimum Gasteiger partial charge on any atom is -0.450 e. The number of carbonyl (C=O) groups excluding carboxylic acids is 1. The van der Waals surface area contributed by atoms with Crippen molar-refractivity contribution < 1.29 is 9.53 Å². The molecule has 1 amide bonds. The highest BCUT2D eigenvalue weighted by Gasteiger charge is 2.67. The van der Waals surface area contributed by atoms with Crippen LogP contribution in [0.3, 0.4) is 0 Å². The van der Waals surface area contributed by atoms with Crippen LogP contribution >= 0.6 is 0 Å². The van der Waals surface area contributed by atoms with Gasteiger partial charge in [0, 0.05) is 0 Å². The predicted octanol–water partition coefficient (Wildman–Crippen LogP) is 1.80. The number of nitrogens with zero attached hydrogens (tertiary/aromatic N) is 3. The Morgan fingerprint density at radius 3 is 2.50 bits per heavy atom. The molecular weight excluding hydrogens is 206 g/mol. The Bertz CT molecular complexity index is 339. The molecule has 86 valence electrons. The lowest BCUT2D eigenvalue weighted by Crippen LogP contribution is -2.21. The molecule has 0 aromatic heterocycles. The number of ether oxygens (including phenoxy) is 1. The van der Waals surface area contributed by atoms with Gasteiger partial charge in [-0.25, -0.2) is 4.79 Å². The molecule has 0 N–H and O–H groups in total. The van der Waals surface area contributed by atoms with Gasteiger partial charge in [-0.3, -0.25) is 4.90 Å². The zero-order valence-electron chi connectivity index (χ0n) is 9.56. The van der Waals surface area contributed by atoms with Crippen molar-refractivity contribution in [2.75, 3.05) is 6.61 Å². The number of carbonyl (C=O) groups is 1. The van der Waals surface area contributed by atoms with E-state index in [1.54, 1.807) is 6.92 Å². The number of hydrogen-bond donors (Lipinski definition) is 0. The lowest BCUT2D eigenvalue weighted by Gasteiger charge is -2.03. The molecule has 0 bridgehead atoms. The fraction of sp³-hybridized carbons (Fsp3) is 0.727. The Kier molecular flexibility index (Phi) is 3.73. The van der Waals surface area contributed by atoms with Crippen molar-refractivity contribution in [3.63, 3.8) is 0 Å². The Morgan fingerprint density at radius 2 is 2.06 bits per heavy atom. The fourth-order valence-corrected chi connectivity index (χ4v) is 1.83. The van der Waals surface area contributed by atoms with E-state index in [-0.39, 0.29) is 12.6 Å². The van der Waals surface area contributed by atoms with E-state index in [1.165, 1.54) is 4.90 Å². The first-order chi connectivity index (χ1) is 7.67. The second-order valence-electron chi connectivity index (χ2n) is 3.72. The van der Waals surface area contributed by atoms with E-state index >= 15 is 0 Å². The van der Waals surface area contributed by atoms with E-state index in [0.29, 0.717) is 6.42 Å². The van der Waals surface area contributed by atoms with Gasteiger partial charge in [-0.2, -0.15) is 10.5 Å². The molecule has 5 heteroatoms. The van der Waals surface area contributed by atoms with Gasteiger partial charge in [0.15, 0.2) is 0 Å².